The van der Waals surface area contributed by atoms with E-state index in [0.29, 0.717) is 6.19 Å². The lowest BCUT2D eigenvalue weighted by atomic mass is 9.77. The van der Waals surface area contributed by atoms with Gasteiger partial charge in [0.25, 0.3) is 7.41 Å². The molecule has 2 rings (SSSR count). The summed E-state index contributed by atoms with van der Waals surface area (Å²) in [5, 5.41) is 12.0. The van der Waals surface area contributed by atoms with Gasteiger partial charge in [-0.25, -0.2) is 0 Å². The number of nitrogens with one attached hydrogen (secondary N) is 1. The topological polar surface area (TPSA) is 66.4 Å². The van der Waals surface area contributed by atoms with Gasteiger partial charge in [0, 0.05) is 10.4 Å². The number of hydrogen-bond donors (Lipinski definition) is 2. The highest BCUT2D eigenvalue weighted by molar-refractivity contribution is 9.10. The fourth-order valence-corrected chi connectivity index (χ4v) is 3.03. The van der Waals surface area contributed by atoms with E-state index in [1.807, 2.05) is 18.2 Å². The van der Waals surface area contributed by atoms with Crippen molar-refractivity contribution in [2.24, 2.45) is 0 Å². The summed E-state index contributed by atoms with van der Waals surface area (Å²) in [6.45, 7) is 0. The van der Waals surface area contributed by atoms with Crippen LogP contribution in [0.2, 0.25) is 0 Å². The van der Waals surface area contributed by atoms with Crippen LogP contribution in [0.15, 0.2) is 22.7 Å². The van der Waals surface area contributed by atoms with Gasteiger partial charge >= 0.3 is 5.97 Å². The molecular weight excluding hydrogens is 309 g/mol. The van der Waals surface area contributed by atoms with E-state index in [0.717, 1.165) is 36.7 Å². The van der Waals surface area contributed by atoms with Gasteiger partial charge in [-0.05, 0) is 42.5 Å². The molecule has 0 spiro atoms. The van der Waals surface area contributed by atoms with Crippen LogP contribution in [0.5, 0.6) is 0 Å². The summed E-state index contributed by atoms with van der Waals surface area (Å²) in [5.74, 6) is -1.05. The van der Waals surface area contributed by atoms with Gasteiger partial charge < -0.3 is 15.1 Å². The Labute approximate surface area is 121 Å². The highest BCUT2D eigenvalue weighted by atomic mass is 79.9. The number of fused-ring (bicyclic) bond motifs is 1. The minimum absolute atomic E-state index is 0.116. The third-order valence-corrected chi connectivity index (χ3v) is 3.97. The second-order valence-corrected chi connectivity index (χ2v) is 5.54. The van der Waals surface area contributed by atoms with Crippen LogP contribution in [0.3, 0.4) is 0 Å². The number of carboxylic acid groups (broad SMARTS) is 1. The molecule has 99 valence electrons. The van der Waals surface area contributed by atoms with E-state index < -0.39 is 12.0 Å². The van der Waals surface area contributed by atoms with E-state index >= 15 is 0 Å². The Morgan fingerprint density at radius 1 is 1.58 bits per heavy atom. The molecule has 1 aromatic carbocycles. The molecular formula is C13H14BBrNO3. The molecule has 0 saturated heterocycles. The smallest absolute Gasteiger partial charge is 0.320 e. The van der Waals surface area contributed by atoms with E-state index in [2.05, 4.69) is 21.2 Å². The molecule has 1 radical (unpaired) electrons. The first-order valence-electron chi connectivity index (χ1n) is 6.17. The van der Waals surface area contributed by atoms with Gasteiger partial charge in [0.15, 0.2) is 0 Å². The first-order chi connectivity index (χ1) is 9.13. The summed E-state index contributed by atoms with van der Waals surface area (Å²) in [6.07, 6.45) is 3.31. The summed E-state index contributed by atoms with van der Waals surface area (Å²) < 4.78 is 0.946. The normalized spacial score (nSPS) is 19.3. The first kappa shape index (κ1) is 14.3. The summed E-state index contributed by atoms with van der Waals surface area (Å²) in [7, 11) is 1.16. The fourth-order valence-electron chi connectivity index (χ4n) is 2.66. The molecule has 19 heavy (non-hydrogen) atoms. The maximum atomic E-state index is 11.4. The third-order valence-electron chi connectivity index (χ3n) is 3.48. The molecule has 2 N–H and O–H groups in total. The molecule has 2 atom stereocenters. The maximum Gasteiger partial charge on any atom is 0.320 e. The SMILES string of the molecule is O=C[B]N[C@H](C(=O)O)[C@@H]1CCCc2ccc(Br)cc21. The number of rotatable bonds is 5. The largest absolute Gasteiger partial charge is 0.480 e. The lowest BCUT2D eigenvalue weighted by Crippen LogP contribution is -2.45. The van der Waals surface area contributed by atoms with Crippen molar-refractivity contribution in [1.82, 2.24) is 5.23 Å². The molecule has 0 heterocycles. The van der Waals surface area contributed by atoms with Crippen LogP contribution in [0, 0.1) is 0 Å². The molecule has 1 aliphatic carbocycles. The maximum absolute atomic E-state index is 11.4. The van der Waals surface area contributed by atoms with Crippen molar-refractivity contribution in [3.63, 3.8) is 0 Å². The van der Waals surface area contributed by atoms with Crippen molar-refractivity contribution >= 4 is 35.5 Å². The first-order valence-corrected chi connectivity index (χ1v) is 6.97. The van der Waals surface area contributed by atoms with Crippen molar-refractivity contribution in [3.05, 3.63) is 33.8 Å². The van der Waals surface area contributed by atoms with Crippen molar-refractivity contribution in [2.75, 3.05) is 0 Å². The van der Waals surface area contributed by atoms with Gasteiger partial charge in [-0.2, -0.15) is 0 Å². The highest BCUT2D eigenvalue weighted by Gasteiger charge is 2.32. The fraction of sp³-hybridized carbons (Fsp3) is 0.385. The van der Waals surface area contributed by atoms with Gasteiger partial charge in [0.2, 0.25) is 0 Å². The Bertz CT molecular complexity index is 495. The van der Waals surface area contributed by atoms with Crippen molar-refractivity contribution in [2.45, 2.75) is 31.2 Å². The number of carbonyl (C=O) groups excluding carboxylic acids is 1. The standard InChI is InChI=1S/C13H14BBrNO3/c15-9-5-4-8-2-1-3-10(11(8)6-9)12(13(18)19)16-14-7-17/h4-7,10,12,16H,1-3H2,(H,18,19)/t10-,12+/m1/s1. The van der Waals surface area contributed by atoms with Gasteiger partial charge in [0.1, 0.15) is 6.04 Å². The number of carboxylic acids is 1. The number of carbonyl (C=O) groups is 2. The summed E-state index contributed by atoms with van der Waals surface area (Å²) in [6, 6.07) is 5.23. The highest BCUT2D eigenvalue weighted by Crippen LogP contribution is 2.35. The van der Waals surface area contributed by atoms with Gasteiger partial charge in [-0.3, -0.25) is 4.79 Å². The number of benzene rings is 1. The second kappa shape index (κ2) is 6.35. The molecule has 1 aromatic rings. The molecule has 0 saturated carbocycles. The average Bonchev–Trinajstić information content (AvgIpc) is 2.39. The number of aliphatic carboxylic acids is 1. The van der Waals surface area contributed by atoms with Gasteiger partial charge in [-0.15, -0.1) is 0 Å². The molecule has 6 heteroatoms. The molecule has 0 unspecified atom stereocenters. The van der Waals surface area contributed by atoms with Crippen LogP contribution in [-0.2, 0) is 16.0 Å². The predicted molar refractivity (Wildman–Crippen MR) is 76.9 cm³/mol. The number of halogens is 1. The Hall–Kier alpha value is -1.14. The van der Waals surface area contributed by atoms with Gasteiger partial charge in [0.05, 0.1) is 6.19 Å². The molecule has 0 aliphatic heterocycles. The van der Waals surface area contributed by atoms with Crippen LogP contribution in [-0.4, -0.2) is 30.7 Å². The van der Waals surface area contributed by atoms with Gasteiger partial charge in [-0.1, -0.05) is 22.0 Å². The molecule has 4 nitrogen and oxygen atoms in total. The third kappa shape index (κ3) is 3.25. The van der Waals surface area contributed by atoms with E-state index in [-0.39, 0.29) is 5.92 Å². The summed E-state index contributed by atoms with van der Waals surface area (Å²) in [4.78, 5) is 21.8. The van der Waals surface area contributed by atoms with Crippen LogP contribution >= 0.6 is 15.9 Å². The Morgan fingerprint density at radius 3 is 3.05 bits per heavy atom. The molecule has 0 amide bonds. The quantitative estimate of drug-likeness (QED) is 0.640. The van der Waals surface area contributed by atoms with Crippen LogP contribution < -0.4 is 5.23 Å². The molecule has 0 aromatic heterocycles. The minimum atomic E-state index is -0.934. The van der Waals surface area contributed by atoms with Crippen LogP contribution in [0.1, 0.15) is 29.9 Å². The predicted octanol–water partition coefficient (Wildman–Crippen LogP) is 1.72. The van der Waals surface area contributed by atoms with E-state index in [1.165, 1.54) is 5.56 Å². The van der Waals surface area contributed by atoms with E-state index in [4.69, 9.17) is 0 Å². The van der Waals surface area contributed by atoms with E-state index in [1.54, 1.807) is 0 Å². The van der Waals surface area contributed by atoms with Crippen LogP contribution in [0.4, 0.5) is 0 Å². The van der Waals surface area contributed by atoms with Crippen molar-refractivity contribution in [3.8, 4) is 0 Å². The lowest BCUT2D eigenvalue weighted by Gasteiger charge is -2.30. The monoisotopic (exact) mass is 322 g/mol. The zero-order chi connectivity index (χ0) is 13.8. The summed E-state index contributed by atoms with van der Waals surface area (Å²) in [5.41, 5.74) is 2.25. The second-order valence-electron chi connectivity index (χ2n) is 4.63. The lowest BCUT2D eigenvalue weighted by molar-refractivity contribution is -0.139. The zero-order valence-electron chi connectivity index (χ0n) is 10.3. The number of aryl methyl sites for hydroxylation is 1. The average molecular weight is 323 g/mol. The zero-order valence-corrected chi connectivity index (χ0v) is 11.9. The molecule has 0 bridgehead atoms. The van der Waals surface area contributed by atoms with E-state index in [9.17, 15) is 14.7 Å². The van der Waals surface area contributed by atoms with Crippen LogP contribution in [0.25, 0.3) is 0 Å². The van der Waals surface area contributed by atoms with Crippen molar-refractivity contribution < 1.29 is 14.7 Å². The molecule has 1 aliphatic rings. The minimum Gasteiger partial charge on any atom is -0.480 e. The molecule has 0 fully saturated rings. The Balaban J connectivity index is 2.31. The van der Waals surface area contributed by atoms with Crippen molar-refractivity contribution in [1.29, 1.82) is 0 Å². The Morgan fingerprint density at radius 2 is 2.37 bits per heavy atom. The number of hydrogen-bond acceptors (Lipinski definition) is 3. The Kier molecular flexibility index (Phi) is 4.77. The summed E-state index contributed by atoms with van der Waals surface area (Å²) >= 11 is 3.42.